The van der Waals surface area contributed by atoms with Crippen molar-refractivity contribution in [2.45, 2.75) is 46.1 Å². The maximum absolute atomic E-state index is 5.05. The fourth-order valence-electron chi connectivity index (χ4n) is 3.68. The summed E-state index contributed by atoms with van der Waals surface area (Å²) in [4.78, 5) is 10.8. The monoisotopic (exact) mass is 427 g/mol. The van der Waals surface area contributed by atoms with Gasteiger partial charge < -0.3 is 5.32 Å². The van der Waals surface area contributed by atoms with Gasteiger partial charge in [0, 0.05) is 17.8 Å². The zero-order valence-corrected chi connectivity index (χ0v) is 19.2. The van der Waals surface area contributed by atoms with Crippen LogP contribution in [0.2, 0.25) is 0 Å². The Morgan fingerprint density at radius 2 is 1.81 bits per heavy atom. The minimum absolute atomic E-state index is 0.182. The minimum atomic E-state index is 0.182. The molecule has 1 atom stereocenters. The molecule has 2 aromatic carbocycles. The van der Waals surface area contributed by atoms with Crippen LogP contribution in [0, 0.1) is 6.92 Å². The van der Waals surface area contributed by atoms with Crippen molar-refractivity contribution in [1.82, 2.24) is 9.97 Å². The normalized spacial score (nSPS) is 12.0. The summed E-state index contributed by atoms with van der Waals surface area (Å²) in [6, 6.07) is 23.5. The zero-order chi connectivity index (χ0) is 21.6. The molecule has 3 nitrogen and oxygen atoms in total. The number of benzene rings is 2. The van der Waals surface area contributed by atoms with Crippen LogP contribution in [0.5, 0.6) is 0 Å². The third-order valence-corrected chi connectivity index (χ3v) is 6.56. The summed E-state index contributed by atoms with van der Waals surface area (Å²) in [6.07, 6.45) is 5.26. The van der Waals surface area contributed by atoms with Crippen molar-refractivity contribution >= 4 is 17.2 Å². The fraction of sp³-hybridized carbons (Fsp3) is 0.259. The number of thiazole rings is 1. The van der Waals surface area contributed by atoms with Gasteiger partial charge in [-0.15, -0.1) is 11.3 Å². The lowest BCUT2D eigenvalue weighted by Crippen LogP contribution is -2.07. The summed E-state index contributed by atoms with van der Waals surface area (Å²) in [5.41, 5.74) is 5.91. The van der Waals surface area contributed by atoms with Gasteiger partial charge in [-0.25, -0.2) is 9.97 Å². The second kappa shape index (κ2) is 9.88. The zero-order valence-electron chi connectivity index (χ0n) is 18.4. The predicted octanol–water partition coefficient (Wildman–Crippen LogP) is 7.70. The van der Waals surface area contributed by atoms with Crippen LogP contribution in [0.3, 0.4) is 0 Å². The molecule has 0 aliphatic rings. The molecular formula is C27H29N3S. The highest BCUT2D eigenvalue weighted by molar-refractivity contribution is 7.15. The molecule has 31 heavy (non-hydrogen) atoms. The number of hydrogen-bond donors (Lipinski definition) is 1. The van der Waals surface area contributed by atoms with E-state index in [2.05, 4.69) is 91.7 Å². The summed E-state index contributed by atoms with van der Waals surface area (Å²) in [6.45, 7) is 6.52. The second-order valence-electron chi connectivity index (χ2n) is 7.96. The lowest BCUT2D eigenvalue weighted by Gasteiger charge is -2.15. The molecule has 0 bridgehead atoms. The first-order valence-electron chi connectivity index (χ1n) is 11.0. The van der Waals surface area contributed by atoms with Crippen LogP contribution in [0.4, 0.5) is 5.82 Å². The molecule has 0 aliphatic heterocycles. The Morgan fingerprint density at radius 1 is 0.968 bits per heavy atom. The van der Waals surface area contributed by atoms with Gasteiger partial charge in [0.25, 0.3) is 0 Å². The molecule has 0 saturated heterocycles. The first-order valence-corrected chi connectivity index (χ1v) is 11.8. The molecule has 4 aromatic rings. The van der Waals surface area contributed by atoms with Crippen molar-refractivity contribution in [3.05, 3.63) is 89.1 Å². The Kier molecular flexibility index (Phi) is 6.78. The Balaban J connectivity index is 1.68. The number of rotatable bonds is 8. The molecular weight excluding hydrogens is 398 g/mol. The van der Waals surface area contributed by atoms with Gasteiger partial charge in [0.15, 0.2) is 0 Å². The summed E-state index contributed by atoms with van der Waals surface area (Å²) >= 11 is 1.81. The van der Waals surface area contributed by atoms with E-state index in [-0.39, 0.29) is 6.04 Å². The number of anilines is 1. The predicted molar refractivity (Wildman–Crippen MR) is 133 cm³/mol. The van der Waals surface area contributed by atoms with Crippen molar-refractivity contribution in [3.63, 3.8) is 0 Å². The number of hydrogen-bond acceptors (Lipinski definition) is 4. The number of aromatic nitrogens is 2. The van der Waals surface area contributed by atoms with Crippen LogP contribution in [0.15, 0.2) is 72.9 Å². The SMILES string of the molecule is CCCCc1nc(-c2cccc(C)c2)c(-c2ccnc(NC(C)c3ccccc3)c2)s1. The van der Waals surface area contributed by atoms with Gasteiger partial charge in [0.2, 0.25) is 0 Å². The Labute approximate surface area is 189 Å². The van der Waals surface area contributed by atoms with Crippen molar-refractivity contribution in [2.24, 2.45) is 0 Å². The van der Waals surface area contributed by atoms with Crippen LogP contribution in [-0.4, -0.2) is 9.97 Å². The third-order valence-electron chi connectivity index (χ3n) is 5.39. The number of unbranched alkanes of at least 4 members (excludes halogenated alkanes) is 1. The molecule has 0 spiro atoms. The lowest BCUT2D eigenvalue weighted by atomic mass is 10.1. The number of nitrogens with one attached hydrogen (secondary N) is 1. The first kappa shape index (κ1) is 21.3. The molecule has 4 rings (SSSR count). The summed E-state index contributed by atoms with van der Waals surface area (Å²) in [5.74, 6) is 0.882. The molecule has 4 heteroatoms. The quantitative estimate of drug-likeness (QED) is 0.313. The van der Waals surface area contributed by atoms with Crippen molar-refractivity contribution in [3.8, 4) is 21.7 Å². The average molecular weight is 428 g/mol. The van der Waals surface area contributed by atoms with E-state index in [1.165, 1.54) is 33.0 Å². The van der Waals surface area contributed by atoms with Crippen molar-refractivity contribution in [2.75, 3.05) is 5.32 Å². The topological polar surface area (TPSA) is 37.8 Å². The molecule has 0 aliphatic carbocycles. The van der Waals surface area contributed by atoms with Gasteiger partial charge in [0.1, 0.15) is 5.82 Å². The van der Waals surface area contributed by atoms with E-state index in [1.807, 2.05) is 23.6 Å². The van der Waals surface area contributed by atoms with E-state index in [9.17, 15) is 0 Å². The molecule has 2 heterocycles. The molecule has 2 aromatic heterocycles. The highest BCUT2D eigenvalue weighted by Crippen LogP contribution is 2.38. The van der Waals surface area contributed by atoms with E-state index in [0.29, 0.717) is 0 Å². The van der Waals surface area contributed by atoms with E-state index in [0.717, 1.165) is 29.9 Å². The standard InChI is InChI=1S/C27H29N3S/c1-4-5-14-25-30-26(22-13-9-10-19(2)17-22)27(31-25)23-15-16-28-24(18-23)29-20(3)21-11-7-6-8-12-21/h6-13,15-18,20H,4-5,14H2,1-3H3,(H,28,29). The van der Waals surface area contributed by atoms with Gasteiger partial charge in [-0.1, -0.05) is 67.4 Å². The largest absolute Gasteiger partial charge is 0.364 e. The molecule has 0 amide bonds. The van der Waals surface area contributed by atoms with E-state index < -0.39 is 0 Å². The fourth-order valence-corrected chi connectivity index (χ4v) is 4.80. The molecule has 1 unspecified atom stereocenters. The molecule has 158 valence electrons. The maximum Gasteiger partial charge on any atom is 0.126 e. The Hall–Kier alpha value is -2.98. The first-order chi connectivity index (χ1) is 15.1. The van der Waals surface area contributed by atoms with Crippen LogP contribution in [0.25, 0.3) is 21.7 Å². The highest BCUT2D eigenvalue weighted by atomic mass is 32.1. The van der Waals surface area contributed by atoms with Crippen molar-refractivity contribution < 1.29 is 0 Å². The van der Waals surface area contributed by atoms with E-state index in [4.69, 9.17) is 4.98 Å². The maximum atomic E-state index is 5.05. The number of aryl methyl sites for hydroxylation is 2. The van der Waals surface area contributed by atoms with Crippen LogP contribution >= 0.6 is 11.3 Å². The average Bonchev–Trinajstić information content (AvgIpc) is 3.23. The highest BCUT2D eigenvalue weighted by Gasteiger charge is 2.16. The lowest BCUT2D eigenvalue weighted by molar-refractivity contribution is 0.790. The van der Waals surface area contributed by atoms with E-state index >= 15 is 0 Å². The minimum Gasteiger partial charge on any atom is -0.364 e. The van der Waals surface area contributed by atoms with Gasteiger partial charge in [-0.05, 0) is 56.0 Å². The van der Waals surface area contributed by atoms with E-state index in [1.54, 1.807) is 0 Å². The van der Waals surface area contributed by atoms with Gasteiger partial charge in [-0.2, -0.15) is 0 Å². The summed E-state index contributed by atoms with van der Waals surface area (Å²) in [7, 11) is 0. The van der Waals surface area contributed by atoms with Gasteiger partial charge >= 0.3 is 0 Å². The number of pyridine rings is 1. The second-order valence-corrected chi connectivity index (χ2v) is 9.05. The molecule has 1 N–H and O–H groups in total. The van der Waals surface area contributed by atoms with Gasteiger partial charge in [-0.3, -0.25) is 0 Å². The molecule has 0 fully saturated rings. The Morgan fingerprint density at radius 3 is 2.58 bits per heavy atom. The molecule has 0 radical (unpaired) electrons. The van der Waals surface area contributed by atoms with Gasteiger partial charge in [0.05, 0.1) is 15.6 Å². The van der Waals surface area contributed by atoms with Crippen molar-refractivity contribution in [1.29, 1.82) is 0 Å². The van der Waals surface area contributed by atoms with Crippen LogP contribution in [-0.2, 0) is 6.42 Å². The number of nitrogens with zero attached hydrogens (tertiary/aromatic N) is 2. The van der Waals surface area contributed by atoms with Crippen LogP contribution in [0.1, 0.15) is 48.9 Å². The smallest absolute Gasteiger partial charge is 0.126 e. The summed E-state index contributed by atoms with van der Waals surface area (Å²) in [5, 5.41) is 4.76. The summed E-state index contributed by atoms with van der Waals surface area (Å²) < 4.78 is 0. The molecule has 0 saturated carbocycles. The Bertz CT molecular complexity index is 1130. The third kappa shape index (κ3) is 5.20. The van der Waals surface area contributed by atoms with Crippen LogP contribution < -0.4 is 5.32 Å².